The lowest BCUT2D eigenvalue weighted by atomic mass is 10.1. The van der Waals surface area contributed by atoms with Crippen LogP contribution in [0.1, 0.15) is 12.0 Å². The Labute approximate surface area is 118 Å². The van der Waals surface area contributed by atoms with Crippen molar-refractivity contribution >= 4 is 11.6 Å². The summed E-state index contributed by atoms with van der Waals surface area (Å²) in [6.07, 6.45) is 0.772. The molecule has 0 spiro atoms. The Balaban J connectivity index is 2.22. The largest absolute Gasteiger partial charge is 0.390 e. The van der Waals surface area contributed by atoms with E-state index in [9.17, 15) is 14.4 Å². The summed E-state index contributed by atoms with van der Waals surface area (Å²) in [6.45, 7) is 0.0481. The topological polar surface area (TPSA) is 144 Å². The first kappa shape index (κ1) is 14.5. The molecule has 3 N–H and O–H groups in total. The molecule has 1 aromatic heterocycles. The van der Waals surface area contributed by atoms with Crippen LogP contribution in [-0.4, -0.2) is 26.9 Å². The minimum absolute atomic E-state index is 0.0481. The molecule has 10 heteroatoms. The number of nitrogens with two attached hydrogens (primary N) is 1. The van der Waals surface area contributed by atoms with E-state index in [0.717, 1.165) is 10.8 Å². The van der Waals surface area contributed by atoms with Gasteiger partial charge in [0.1, 0.15) is 17.3 Å². The highest BCUT2D eigenvalue weighted by Gasteiger charge is 2.26. The minimum Gasteiger partial charge on any atom is -0.390 e. The highest BCUT2D eigenvalue weighted by molar-refractivity contribution is 6.38. The average molecular weight is 292 g/mol. The predicted molar refractivity (Wildman–Crippen MR) is 69.9 cm³/mol. The molecule has 1 aliphatic heterocycles. The molecule has 0 saturated heterocycles. The fraction of sp³-hybridized carbons (Fsp3) is 0.364. The van der Waals surface area contributed by atoms with Gasteiger partial charge in [0.2, 0.25) is 0 Å². The SMILES string of the molecule is Cn1c(=O)c(C#N)cn(C[C@@H]2CC(C(=O)NN)=NO2)c1=O. The van der Waals surface area contributed by atoms with Crippen molar-refractivity contribution < 1.29 is 9.63 Å². The Kier molecular flexibility index (Phi) is 3.86. The molecule has 0 unspecified atom stereocenters. The first-order valence-corrected chi connectivity index (χ1v) is 5.92. The second-order valence-corrected chi connectivity index (χ2v) is 4.40. The van der Waals surface area contributed by atoms with E-state index in [1.165, 1.54) is 11.6 Å². The molecule has 1 aliphatic rings. The van der Waals surface area contributed by atoms with E-state index in [1.807, 2.05) is 5.43 Å². The predicted octanol–water partition coefficient (Wildman–Crippen LogP) is -2.45. The number of hydrazine groups is 1. The summed E-state index contributed by atoms with van der Waals surface area (Å²) in [5, 5.41) is 12.4. The zero-order chi connectivity index (χ0) is 15.6. The third kappa shape index (κ3) is 2.67. The highest BCUT2D eigenvalue weighted by Crippen LogP contribution is 2.12. The van der Waals surface area contributed by atoms with Gasteiger partial charge in [0.15, 0.2) is 6.10 Å². The van der Waals surface area contributed by atoms with Crippen LogP contribution < -0.4 is 22.5 Å². The summed E-state index contributed by atoms with van der Waals surface area (Å²) in [5.74, 6) is 4.42. The third-order valence-corrected chi connectivity index (χ3v) is 3.00. The van der Waals surface area contributed by atoms with Crippen molar-refractivity contribution in [3.8, 4) is 6.07 Å². The Bertz CT molecular complexity index is 768. The second kappa shape index (κ2) is 5.59. The summed E-state index contributed by atoms with van der Waals surface area (Å²) >= 11 is 0. The number of hydrogen-bond acceptors (Lipinski definition) is 7. The van der Waals surface area contributed by atoms with Crippen molar-refractivity contribution in [2.75, 3.05) is 0 Å². The first-order valence-electron chi connectivity index (χ1n) is 5.92. The number of oxime groups is 1. The van der Waals surface area contributed by atoms with Crippen LogP contribution in [0.4, 0.5) is 0 Å². The molecule has 1 amide bonds. The van der Waals surface area contributed by atoms with Crippen LogP contribution in [0, 0.1) is 11.3 Å². The minimum atomic E-state index is -0.662. The maximum atomic E-state index is 11.9. The summed E-state index contributed by atoms with van der Waals surface area (Å²) in [6, 6.07) is 1.72. The van der Waals surface area contributed by atoms with Crippen molar-refractivity contribution in [2.45, 2.75) is 19.1 Å². The summed E-state index contributed by atoms with van der Waals surface area (Å²) in [7, 11) is 1.28. The van der Waals surface area contributed by atoms with Gasteiger partial charge in [-0.3, -0.25) is 24.1 Å². The number of nitrogens with one attached hydrogen (secondary N) is 1. The average Bonchev–Trinajstić information content (AvgIpc) is 2.95. The molecule has 0 aromatic carbocycles. The Morgan fingerprint density at radius 1 is 1.67 bits per heavy atom. The maximum absolute atomic E-state index is 11.9. The number of amides is 1. The molecule has 21 heavy (non-hydrogen) atoms. The normalized spacial score (nSPS) is 16.8. The Morgan fingerprint density at radius 3 is 3.00 bits per heavy atom. The van der Waals surface area contributed by atoms with E-state index >= 15 is 0 Å². The van der Waals surface area contributed by atoms with Gasteiger partial charge in [0, 0.05) is 19.7 Å². The van der Waals surface area contributed by atoms with Crippen molar-refractivity contribution in [2.24, 2.45) is 18.0 Å². The highest BCUT2D eigenvalue weighted by atomic mass is 16.6. The number of carbonyl (C=O) groups is 1. The molecule has 0 fully saturated rings. The lowest BCUT2D eigenvalue weighted by molar-refractivity contribution is -0.115. The monoisotopic (exact) mass is 292 g/mol. The van der Waals surface area contributed by atoms with Gasteiger partial charge in [0.05, 0.1) is 6.54 Å². The third-order valence-electron chi connectivity index (χ3n) is 3.00. The molecule has 2 heterocycles. The van der Waals surface area contributed by atoms with Crippen LogP contribution in [0.25, 0.3) is 0 Å². The summed E-state index contributed by atoms with van der Waals surface area (Å²) < 4.78 is 2.01. The number of hydrogen-bond donors (Lipinski definition) is 2. The van der Waals surface area contributed by atoms with Crippen LogP contribution in [0.2, 0.25) is 0 Å². The quantitative estimate of drug-likeness (QED) is 0.359. The summed E-state index contributed by atoms with van der Waals surface area (Å²) in [5.41, 5.74) is 0.641. The Hall–Kier alpha value is -2.93. The van der Waals surface area contributed by atoms with Gasteiger partial charge in [-0.1, -0.05) is 5.16 Å². The van der Waals surface area contributed by atoms with Gasteiger partial charge in [-0.25, -0.2) is 10.6 Å². The fourth-order valence-corrected chi connectivity index (χ4v) is 1.90. The maximum Gasteiger partial charge on any atom is 0.330 e. The zero-order valence-corrected chi connectivity index (χ0v) is 11.1. The lowest BCUT2D eigenvalue weighted by Crippen LogP contribution is -2.41. The van der Waals surface area contributed by atoms with Crippen LogP contribution in [0.3, 0.4) is 0 Å². The van der Waals surface area contributed by atoms with E-state index in [1.54, 1.807) is 6.07 Å². The first-order chi connectivity index (χ1) is 9.97. The van der Waals surface area contributed by atoms with Gasteiger partial charge in [-0.05, 0) is 0 Å². The van der Waals surface area contributed by atoms with Crippen molar-refractivity contribution in [3.63, 3.8) is 0 Å². The molecule has 1 aromatic rings. The lowest BCUT2D eigenvalue weighted by Gasteiger charge is -2.11. The van der Waals surface area contributed by atoms with Crippen molar-refractivity contribution in [3.05, 3.63) is 32.6 Å². The van der Waals surface area contributed by atoms with E-state index < -0.39 is 23.3 Å². The number of nitriles is 1. The number of rotatable bonds is 3. The van der Waals surface area contributed by atoms with Crippen molar-refractivity contribution in [1.82, 2.24) is 14.6 Å². The van der Waals surface area contributed by atoms with Gasteiger partial charge in [-0.15, -0.1) is 0 Å². The van der Waals surface area contributed by atoms with Gasteiger partial charge >= 0.3 is 5.69 Å². The molecule has 0 saturated carbocycles. The van der Waals surface area contributed by atoms with E-state index in [0.29, 0.717) is 0 Å². The van der Waals surface area contributed by atoms with Crippen LogP contribution in [0.5, 0.6) is 0 Å². The molecular weight excluding hydrogens is 280 g/mol. The fourth-order valence-electron chi connectivity index (χ4n) is 1.90. The van der Waals surface area contributed by atoms with E-state index in [4.69, 9.17) is 15.9 Å². The summed E-state index contributed by atoms with van der Waals surface area (Å²) in [4.78, 5) is 39.8. The standard InChI is InChI=1S/C11H12N6O4/c1-16-10(19)6(3-12)4-17(11(16)20)5-7-2-8(15-21-7)9(18)14-13/h4,7H,2,5,13H2,1H3,(H,14,18)/t7-/m0/s1. The van der Waals surface area contributed by atoms with Gasteiger partial charge in [-0.2, -0.15) is 5.26 Å². The number of carbonyl (C=O) groups excluding carboxylic acids is 1. The van der Waals surface area contributed by atoms with E-state index in [-0.39, 0.29) is 24.2 Å². The second-order valence-electron chi connectivity index (χ2n) is 4.40. The molecule has 1 atom stereocenters. The van der Waals surface area contributed by atoms with Crippen LogP contribution in [0.15, 0.2) is 20.9 Å². The molecule has 0 bridgehead atoms. The molecule has 10 nitrogen and oxygen atoms in total. The van der Waals surface area contributed by atoms with Gasteiger partial charge < -0.3 is 4.84 Å². The van der Waals surface area contributed by atoms with Crippen LogP contribution >= 0.6 is 0 Å². The number of nitrogens with zero attached hydrogens (tertiary/aromatic N) is 4. The molecule has 0 radical (unpaired) electrons. The molecule has 110 valence electrons. The molecule has 2 rings (SSSR count). The van der Waals surface area contributed by atoms with E-state index in [2.05, 4.69) is 5.16 Å². The van der Waals surface area contributed by atoms with Gasteiger partial charge in [0.25, 0.3) is 11.5 Å². The number of aromatic nitrogens is 2. The molecular formula is C11H12N6O4. The van der Waals surface area contributed by atoms with Crippen molar-refractivity contribution in [1.29, 1.82) is 5.26 Å². The smallest absolute Gasteiger partial charge is 0.330 e. The van der Waals surface area contributed by atoms with Crippen LogP contribution in [-0.2, 0) is 23.2 Å². The molecule has 0 aliphatic carbocycles. The Morgan fingerprint density at radius 2 is 2.38 bits per heavy atom. The zero-order valence-electron chi connectivity index (χ0n) is 11.1.